The van der Waals surface area contributed by atoms with E-state index in [-0.39, 0.29) is 17.3 Å². The third kappa shape index (κ3) is 3.30. The molecule has 1 unspecified atom stereocenters. The first-order chi connectivity index (χ1) is 8.30. The fourth-order valence-electron chi connectivity index (χ4n) is 2.14. The van der Waals surface area contributed by atoms with Crippen molar-refractivity contribution < 1.29 is 12.8 Å². The maximum absolute atomic E-state index is 13.1. The van der Waals surface area contributed by atoms with E-state index in [4.69, 9.17) is 0 Å². The van der Waals surface area contributed by atoms with Gasteiger partial charge in [0.2, 0.25) is 0 Å². The highest BCUT2D eigenvalue weighted by molar-refractivity contribution is 9.10. The van der Waals surface area contributed by atoms with E-state index in [0.29, 0.717) is 13.0 Å². The Morgan fingerprint density at radius 2 is 2.22 bits per heavy atom. The third-order valence-electron chi connectivity index (χ3n) is 3.22. The van der Waals surface area contributed by atoms with Crippen LogP contribution >= 0.6 is 15.9 Å². The summed E-state index contributed by atoms with van der Waals surface area (Å²) < 4.78 is 36.9. The first-order valence-corrected chi connectivity index (χ1v) is 8.31. The maximum atomic E-state index is 13.1. The van der Waals surface area contributed by atoms with Crippen LogP contribution in [0.1, 0.15) is 18.9 Å². The van der Waals surface area contributed by atoms with Crippen LogP contribution in [0.5, 0.6) is 0 Å². The van der Waals surface area contributed by atoms with Crippen molar-refractivity contribution in [2.75, 3.05) is 11.5 Å². The molecule has 1 atom stereocenters. The lowest BCUT2D eigenvalue weighted by Gasteiger charge is -2.24. The average molecular weight is 336 g/mol. The van der Waals surface area contributed by atoms with Gasteiger partial charge in [-0.1, -0.05) is 15.9 Å². The molecule has 1 aliphatic heterocycles. The van der Waals surface area contributed by atoms with Gasteiger partial charge in [-0.25, -0.2) is 12.8 Å². The summed E-state index contributed by atoms with van der Waals surface area (Å²) in [6, 6.07) is 4.49. The van der Waals surface area contributed by atoms with Crippen molar-refractivity contribution >= 4 is 25.8 Å². The Morgan fingerprint density at radius 1 is 1.50 bits per heavy atom. The van der Waals surface area contributed by atoms with Gasteiger partial charge >= 0.3 is 0 Å². The zero-order valence-electron chi connectivity index (χ0n) is 10.0. The topological polar surface area (TPSA) is 46.2 Å². The van der Waals surface area contributed by atoms with Crippen molar-refractivity contribution in [1.29, 1.82) is 0 Å². The summed E-state index contributed by atoms with van der Waals surface area (Å²) in [5, 5.41) is 3.22. The molecule has 0 amide bonds. The van der Waals surface area contributed by atoms with Crippen LogP contribution in [0.25, 0.3) is 0 Å². The number of hydrogen-bond acceptors (Lipinski definition) is 3. The van der Waals surface area contributed by atoms with Crippen LogP contribution in [-0.2, 0) is 16.4 Å². The molecule has 1 aromatic rings. The van der Waals surface area contributed by atoms with Crippen molar-refractivity contribution in [2.45, 2.75) is 25.4 Å². The van der Waals surface area contributed by atoms with Crippen LogP contribution in [0.15, 0.2) is 22.7 Å². The minimum absolute atomic E-state index is 0.146. The Balaban J connectivity index is 2.06. The minimum Gasteiger partial charge on any atom is -0.306 e. The Hall–Kier alpha value is -0.460. The highest BCUT2D eigenvalue weighted by Crippen LogP contribution is 2.24. The van der Waals surface area contributed by atoms with Gasteiger partial charge in [-0.05, 0) is 37.1 Å². The molecule has 0 bridgehead atoms. The van der Waals surface area contributed by atoms with E-state index in [2.05, 4.69) is 21.2 Å². The van der Waals surface area contributed by atoms with Gasteiger partial charge in [0, 0.05) is 16.6 Å². The molecule has 3 nitrogen and oxygen atoms in total. The first-order valence-electron chi connectivity index (χ1n) is 5.69. The molecule has 0 spiro atoms. The van der Waals surface area contributed by atoms with Crippen LogP contribution in [0, 0.1) is 5.82 Å². The molecule has 1 N–H and O–H groups in total. The number of nitrogens with one attached hydrogen (secondary N) is 1. The number of hydrogen-bond donors (Lipinski definition) is 1. The molecule has 1 fully saturated rings. The lowest BCUT2D eigenvalue weighted by Crippen LogP contribution is -2.42. The summed E-state index contributed by atoms with van der Waals surface area (Å²) >= 11 is 3.36. The number of rotatable bonds is 3. The van der Waals surface area contributed by atoms with Crippen molar-refractivity contribution in [3.8, 4) is 0 Å². The summed E-state index contributed by atoms with van der Waals surface area (Å²) in [5.41, 5.74) is 0.380. The van der Waals surface area contributed by atoms with Crippen LogP contribution in [0.3, 0.4) is 0 Å². The minimum atomic E-state index is -2.92. The Kier molecular flexibility index (Phi) is 3.80. The van der Waals surface area contributed by atoms with Crippen molar-refractivity contribution in [3.05, 3.63) is 34.1 Å². The molecule has 0 aromatic heterocycles. The van der Waals surface area contributed by atoms with E-state index in [1.807, 2.05) is 6.92 Å². The highest BCUT2D eigenvalue weighted by atomic mass is 79.9. The van der Waals surface area contributed by atoms with Crippen molar-refractivity contribution in [3.63, 3.8) is 0 Å². The van der Waals surface area contributed by atoms with Crippen LogP contribution < -0.4 is 5.32 Å². The van der Waals surface area contributed by atoms with Crippen molar-refractivity contribution in [2.24, 2.45) is 0 Å². The predicted octanol–water partition coefficient (Wildman–Crippen LogP) is 2.25. The van der Waals surface area contributed by atoms with E-state index in [0.717, 1.165) is 10.0 Å². The van der Waals surface area contributed by atoms with E-state index in [9.17, 15) is 12.8 Å². The summed E-state index contributed by atoms with van der Waals surface area (Å²) in [6.07, 6.45) is 0.599. The molecule has 1 heterocycles. The highest BCUT2D eigenvalue weighted by Gasteiger charge is 2.37. The summed E-state index contributed by atoms with van der Waals surface area (Å²) in [5.74, 6) is 0.0764. The van der Waals surface area contributed by atoms with E-state index < -0.39 is 15.4 Å². The molecule has 100 valence electrons. The van der Waals surface area contributed by atoms with Gasteiger partial charge in [0.1, 0.15) is 5.82 Å². The summed E-state index contributed by atoms with van der Waals surface area (Å²) in [6.45, 7) is 2.34. The lowest BCUT2D eigenvalue weighted by atomic mass is 10.0. The second-order valence-corrected chi connectivity index (χ2v) is 8.03. The normalized spacial score (nSPS) is 26.4. The molecular formula is C12H15BrFNO2S. The van der Waals surface area contributed by atoms with E-state index >= 15 is 0 Å². The molecule has 0 radical (unpaired) electrons. The smallest absolute Gasteiger partial charge is 0.152 e. The molecule has 6 heteroatoms. The van der Waals surface area contributed by atoms with Gasteiger partial charge in [-0.2, -0.15) is 0 Å². The Morgan fingerprint density at radius 3 is 2.83 bits per heavy atom. The summed E-state index contributed by atoms with van der Waals surface area (Å²) in [4.78, 5) is 0. The SMILES string of the molecule is CC1(NCc2cc(F)ccc2Br)CCS(=O)(=O)C1. The fourth-order valence-corrected chi connectivity index (χ4v) is 4.65. The van der Waals surface area contributed by atoms with Crippen LogP contribution in [0.4, 0.5) is 4.39 Å². The van der Waals surface area contributed by atoms with Gasteiger partial charge in [0.15, 0.2) is 9.84 Å². The number of benzene rings is 1. The lowest BCUT2D eigenvalue weighted by molar-refractivity contribution is 0.394. The van der Waals surface area contributed by atoms with E-state index in [1.165, 1.54) is 12.1 Å². The van der Waals surface area contributed by atoms with Crippen molar-refractivity contribution in [1.82, 2.24) is 5.32 Å². The zero-order chi connectivity index (χ0) is 13.4. The first kappa shape index (κ1) is 14.0. The number of halogens is 2. The monoisotopic (exact) mass is 335 g/mol. The van der Waals surface area contributed by atoms with Gasteiger partial charge in [-0.15, -0.1) is 0 Å². The van der Waals surface area contributed by atoms with Gasteiger partial charge in [-0.3, -0.25) is 0 Å². The molecule has 2 rings (SSSR count). The zero-order valence-corrected chi connectivity index (χ0v) is 12.4. The molecule has 1 saturated heterocycles. The largest absolute Gasteiger partial charge is 0.306 e. The van der Waals surface area contributed by atoms with Gasteiger partial charge < -0.3 is 5.32 Å². The van der Waals surface area contributed by atoms with Crippen LogP contribution in [-0.4, -0.2) is 25.5 Å². The van der Waals surface area contributed by atoms with Crippen LogP contribution in [0.2, 0.25) is 0 Å². The second kappa shape index (κ2) is 4.90. The quantitative estimate of drug-likeness (QED) is 0.921. The fraction of sp³-hybridized carbons (Fsp3) is 0.500. The second-order valence-electron chi connectivity index (χ2n) is 4.99. The Bertz CT molecular complexity index is 561. The molecule has 0 aliphatic carbocycles. The average Bonchev–Trinajstić information content (AvgIpc) is 2.55. The Labute approximate surface area is 115 Å². The maximum Gasteiger partial charge on any atom is 0.152 e. The third-order valence-corrected chi connectivity index (χ3v) is 5.89. The molecule has 18 heavy (non-hydrogen) atoms. The number of sulfone groups is 1. The molecular weight excluding hydrogens is 321 g/mol. The standard InChI is InChI=1S/C12H15BrFNO2S/c1-12(4-5-18(16,17)8-12)15-7-9-6-10(14)2-3-11(9)13/h2-3,6,15H,4-5,7-8H2,1H3. The predicted molar refractivity (Wildman–Crippen MR) is 72.6 cm³/mol. The molecule has 1 aliphatic rings. The van der Waals surface area contributed by atoms with Gasteiger partial charge in [0.25, 0.3) is 0 Å². The summed E-state index contributed by atoms with van der Waals surface area (Å²) in [7, 11) is -2.92. The van der Waals surface area contributed by atoms with E-state index in [1.54, 1.807) is 6.07 Å². The molecule has 0 saturated carbocycles. The molecule has 1 aromatic carbocycles. The van der Waals surface area contributed by atoms with Gasteiger partial charge in [0.05, 0.1) is 11.5 Å².